The average molecular weight is 145 g/mol. The standard InChI is InChI=1S/C7H19N3/c1-7(2,9(3)4)6-10(5)8/h6,8H2,1-5H3. The molecule has 0 fully saturated rings. The molecule has 0 rings (SSSR count). The van der Waals surface area contributed by atoms with E-state index >= 15 is 0 Å². The quantitative estimate of drug-likeness (QED) is 0.452. The Hall–Kier alpha value is -0.120. The van der Waals surface area contributed by atoms with Crippen LogP contribution >= 0.6 is 0 Å². The lowest BCUT2D eigenvalue weighted by atomic mass is 10.0. The molecule has 62 valence electrons. The SMILES string of the molecule is CN(N)CC(C)(C)N(C)C. The van der Waals surface area contributed by atoms with Crippen LogP contribution in [0.3, 0.4) is 0 Å². The minimum Gasteiger partial charge on any atom is -0.303 e. The Kier molecular flexibility index (Phi) is 3.28. The van der Waals surface area contributed by atoms with Crippen LogP contribution in [0.25, 0.3) is 0 Å². The van der Waals surface area contributed by atoms with Crippen LogP contribution in [0.5, 0.6) is 0 Å². The van der Waals surface area contributed by atoms with Crippen molar-refractivity contribution in [3.63, 3.8) is 0 Å². The molecule has 0 unspecified atom stereocenters. The van der Waals surface area contributed by atoms with Crippen LogP contribution < -0.4 is 5.84 Å². The number of nitrogens with two attached hydrogens (primary N) is 1. The molecule has 0 aliphatic carbocycles. The van der Waals surface area contributed by atoms with Gasteiger partial charge in [-0.1, -0.05) is 0 Å². The molecule has 0 atom stereocenters. The van der Waals surface area contributed by atoms with Gasteiger partial charge in [0.2, 0.25) is 0 Å². The topological polar surface area (TPSA) is 32.5 Å². The van der Waals surface area contributed by atoms with Crippen molar-refractivity contribution in [3.05, 3.63) is 0 Å². The van der Waals surface area contributed by atoms with Gasteiger partial charge in [0, 0.05) is 19.1 Å². The van der Waals surface area contributed by atoms with Gasteiger partial charge in [0.25, 0.3) is 0 Å². The number of hydrazine groups is 1. The van der Waals surface area contributed by atoms with Crippen LogP contribution in [0.15, 0.2) is 0 Å². The average Bonchev–Trinajstić information content (AvgIpc) is 1.60. The van der Waals surface area contributed by atoms with E-state index in [0.29, 0.717) is 0 Å². The van der Waals surface area contributed by atoms with E-state index in [1.807, 2.05) is 7.05 Å². The predicted octanol–water partition coefficient (Wildman–Crippen LogP) is 0.132. The Morgan fingerprint density at radius 3 is 1.70 bits per heavy atom. The summed E-state index contributed by atoms with van der Waals surface area (Å²) in [6, 6.07) is 0. The first kappa shape index (κ1) is 9.88. The van der Waals surface area contributed by atoms with E-state index in [1.54, 1.807) is 5.01 Å². The maximum atomic E-state index is 5.52. The van der Waals surface area contributed by atoms with Gasteiger partial charge in [-0.05, 0) is 27.9 Å². The predicted molar refractivity (Wildman–Crippen MR) is 44.6 cm³/mol. The fraction of sp³-hybridized carbons (Fsp3) is 1.00. The molecule has 10 heavy (non-hydrogen) atoms. The molecule has 0 saturated carbocycles. The van der Waals surface area contributed by atoms with Gasteiger partial charge in [0.1, 0.15) is 0 Å². The minimum atomic E-state index is 0.156. The van der Waals surface area contributed by atoms with Crippen molar-refractivity contribution in [3.8, 4) is 0 Å². The molecule has 0 heterocycles. The summed E-state index contributed by atoms with van der Waals surface area (Å²) in [6.45, 7) is 5.20. The van der Waals surface area contributed by atoms with Crippen molar-refractivity contribution in [1.82, 2.24) is 9.91 Å². The van der Waals surface area contributed by atoms with E-state index in [9.17, 15) is 0 Å². The van der Waals surface area contributed by atoms with Crippen molar-refractivity contribution in [2.45, 2.75) is 19.4 Å². The number of likely N-dealkylation sites (N-methyl/N-ethyl adjacent to an activating group) is 2. The molecule has 0 saturated heterocycles. The molecular formula is C7H19N3. The lowest BCUT2D eigenvalue weighted by Gasteiger charge is -2.34. The fourth-order valence-corrected chi connectivity index (χ4v) is 0.752. The largest absolute Gasteiger partial charge is 0.303 e. The molecule has 0 aromatic carbocycles. The smallest absolute Gasteiger partial charge is 0.0304 e. The molecule has 0 aromatic rings. The van der Waals surface area contributed by atoms with Crippen LogP contribution in [-0.2, 0) is 0 Å². The van der Waals surface area contributed by atoms with E-state index in [-0.39, 0.29) is 5.54 Å². The summed E-state index contributed by atoms with van der Waals surface area (Å²) in [5.41, 5.74) is 0.156. The van der Waals surface area contributed by atoms with Gasteiger partial charge < -0.3 is 4.90 Å². The summed E-state index contributed by atoms with van der Waals surface area (Å²) in [5.74, 6) is 5.52. The second kappa shape index (κ2) is 3.32. The van der Waals surface area contributed by atoms with Gasteiger partial charge in [-0.3, -0.25) is 5.84 Å². The van der Waals surface area contributed by atoms with Gasteiger partial charge in [0.05, 0.1) is 0 Å². The summed E-state index contributed by atoms with van der Waals surface area (Å²) in [4.78, 5) is 2.16. The Morgan fingerprint density at radius 1 is 1.20 bits per heavy atom. The Balaban J connectivity index is 3.87. The zero-order valence-corrected chi connectivity index (χ0v) is 7.68. The van der Waals surface area contributed by atoms with Crippen molar-refractivity contribution >= 4 is 0 Å². The molecule has 0 bridgehead atoms. The van der Waals surface area contributed by atoms with E-state index in [1.165, 1.54) is 0 Å². The molecule has 2 N–H and O–H groups in total. The number of hydrogen-bond donors (Lipinski definition) is 1. The summed E-state index contributed by atoms with van der Waals surface area (Å²) in [6.07, 6.45) is 0. The monoisotopic (exact) mass is 145 g/mol. The molecule has 0 spiro atoms. The molecule has 0 aromatic heterocycles. The van der Waals surface area contributed by atoms with Crippen molar-refractivity contribution in [2.75, 3.05) is 27.7 Å². The fourth-order valence-electron chi connectivity index (χ4n) is 0.752. The minimum absolute atomic E-state index is 0.156. The third kappa shape index (κ3) is 3.15. The first-order valence-electron chi connectivity index (χ1n) is 3.49. The van der Waals surface area contributed by atoms with Gasteiger partial charge >= 0.3 is 0 Å². The van der Waals surface area contributed by atoms with Crippen LogP contribution in [0, 0.1) is 0 Å². The molecule has 0 aliphatic heterocycles. The van der Waals surface area contributed by atoms with Gasteiger partial charge in [-0.25, -0.2) is 5.01 Å². The molecule has 0 aliphatic rings. The second-order valence-corrected chi connectivity index (χ2v) is 3.62. The summed E-state index contributed by atoms with van der Waals surface area (Å²) < 4.78 is 0. The van der Waals surface area contributed by atoms with Gasteiger partial charge in [0.15, 0.2) is 0 Å². The highest BCUT2D eigenvalue weighted by molar-refractivity contribution is 4.78. The number of rotatable bonds is 3. The molecule has 0 radical (unpaired) electrons. The number of hydrogen-bond acceptors (Lipinski definition) is 3. The van der Waals surface area contributed by atoms with Gasteiger partial charge in [-0.2, -0.15) is 0 Å². The lowest BCUT2D eigenvalue weighted by molar-refractivity contribution is 0.135. The van der Waals surface area contributed by atoms with E-state index in [0.717, 1.165) is 6.54 Å². The molecule has 0 amide bonds. The Morgan fingerprint density at radius 2 is 1.60 bits per heavy atom. The highest BCUT2D eigenvalue weighted by Crippen LogP contribution is 2.09. The van der Waals surface area contributed by atoms with Crippen LogP contribution in [-0.4, -0.2) is 43.1 Å². The molecular weight excluding hydrogens is 126 g/mol. The zero-order valence-electron chi connectivity index (χ0n) is 7.68. The summed E-state index contributed by atoms with van der Waals surface area (Å²) in [7, 11) is 6.00. The normalized spacial score (nSPS) is 13.2. The van der Waals surface area contributed by atoms with Crippen LogP contribution in [0.1, 0.15) is 13.8 Å². The van der Waals surface area contributed by atoms with E-state index < -0.39 is 0 Å². The van der Waals surface area contributed by atoms with Crippen molar-refractivity contribution in [2.24, 2.45) is 5.84 Å². The summed E-state index contributed by atoms with van der Waals surface area (Å²) >= 11 is 0. The summed E-state index contributed by atoms with van der Waals surface area (Å²) in [5, 5.41) is 1.71. The van der Waals surface area contributed by atoms with Crippen LogP contribution in [0.4, 0.5) is 0 Å². The van der Waals surface area contributed by atoms with E-state index in [2.05, 4.69) is 32.8 Å². The first-order chi connectivity index (χ1) is 4.36. The lowest BCUT2D eigenvalue weighted by Crippen LogP contribution is -2.49. The highest BCUT2D eigenvalue weighted by Gasteiger charge is 2.20. The van der Waals surface area contributed by atoms with Crippen LogP contribution in [0.2, 0.25) is 0 Å². The third-order valence-electron chi connectivity index (χ3n) is 1.85. The maximum absolute atomic E-state index is 5.52. The highest BCUT2D eigenvalue weighted by atomic mass is 15.4. The molecule has 3 nitrogen and oxygen atoms in total. The number of nitrogens with zero attached hydrogens (tertiary/aromatic N) is 2. The Labute approximate surface area is 63.8 Å². The van der Waals surface area contributed by atoms with Gasteiger partial charge in [-0.15, -0.1) is 0 Å². The Bertz CT molecular complexity index is 97.0. The van der Waals surface area contributed by atoms with Crippen molar-refractivity contribution in [1.29, 1.82) is 0 Å². The maximum Gasteiger partial charge on any atom is 0.0304 e. The third-order valence-corrected chi connectivity index (χ3v) is 1.85. The second-order valence-electron chi connectivity index (χ2n) is 3.62. The molecule has 3 heteroatoms. The van der Waals surface area contributed by atoms with Crippen molar-refractivity contribution < 1.29 is 0 Å². The first-order valence-corrected chi connectivity index (χ1v) is 3.49. The zero-order chi connectivity index (χ0) is 8.36. The van der Waals surface area contributed by atoms with E-state index in [4.69, 9.17) is 5.84 Å².